The molecule has 0 unspecified atom stereocenters. The van der Waals surface area contributed by atoms with Gasteiger partial charge in [0.1, 0.15) is 5.58 Å². The van der Waals surface area contributed by atoms with Crippen LogP contribution in [-0.4, -0.2) is 18.0 Å². The summed E-state index contributed by atoms with van der Waals surface area (Å²) < 4.78 is 6.54. The van der Waals surface area contributed by atoms with Gasteiger partial charge in [0.05, 0.1) is 13.7 Å². The Kier molecular flexibility index (Phi) is 12.5. The molecule has 54 heavy (non-hydrogen) atoms. The summed E-state index contributed by atoms with van der Waals surface area (Å²) in [5.41, 5.74) is 11.2. The van der Waals surface area contributed by atoms with E-state index in [1.54, 1.807) is 0 Å². The summed E-state index contributed by atoms with van der Waals surface area (Å²) in [5.74, 6) is 0.804. The van der Waals surface area contributed by atoms with Crippen molar-refractivity contribution in [1.29, 1.82) is 0 Å². The van der Waals surface area contributed by atoms with Crippen LogP contribution >= 0.6 is 0 Å². The van der Waals surface area contributed by atoms with E-state index in [-0.39, 0.29) is 25.5 Å². The third kappa shape index (κ3) is 9.37. The molecule has 279 valence electrons. The van der Waals surface area contributed by atoms with Crippen LogP contribution in [0.15, 0.2) is 120 Å². The van der Waals surface area contributed by atoms with Crippen molar-refractivity contribution in [2.24, 2.45) is 11.3 Å². The molecule has 0 amide bonds. The Morgan fingerprint density at radius 2 is 1.50 bits per heavy atom. The van der Waals surface area contributed by atoms with Gasteiger partial charge in [-0.1, -0.05) is 155 Å². The van der Waals surface area contributed by atoms with Gasteiger partial charge in [0.2, 0.25) is 0 Å². The van der Waals surface area contributed by atoms with E-state index >= 15 is 0 Å². The zero-order valence-electron chi connectivity index (χ0n) is 32.6. The predicted molar refractivity (Wildman–Crippen MR) is 226 cm³/mol. The Morgan fingerprint density at radius 3 is 2.22 bits per heavy atom. The van der Waals surface area contributed by atoms with Crippen LogP contribution in [0.5, 0.6) is 0 Å². The molecule has 1 radical (unpaired) electrons. The monoisotopic (exact) mass is 905 g/mol. The fraction of sp³-hybridized carbons (Fsp3) is 0.306. The molecule has 0 saturated heterocycles. The van der Waals surface area contributed by atoms with E-state index in [4.69, 9.17) is 14.4 Å². The van der Waals surface area contributed by atoms with E-state index < -0.39 is 8.07 Å². The van der Waals surface area contributed by atoms with Crippen LogP contribution in [-0.2, 0) is 32.9 Å². The minimum absolute atomic E-state index is 0. The van der Waals surface area contributed by atoms with Crippen LogP contribution < -0.4 is 5.19 Å². The van der Waals surface area contributed by atoms with Crippen molar-refractivity contribution >= 4 is 35.2 Å². The van der Waals surface area contributed by atoms with Gasteiger partial charge in [-0.25, -0.2) is 0 Å². The summed E-state index contributed by atoms with van der Waals surface area (Å²) in [6.45, 7) is 14.1. The Labute approximate surface area is 337 Å². The number of hydrogen-bond acceptors (Lipinski definition) is 3. The zero-order valence-corrected chi connectivity index (χ0v) is 36.0. The molecule has 0 atom stereocenters. The SMILES string of the molecule is CC(C)(C)Cc1cc(-c2[c-]cccc2)ncc1[Si](C)(C)C.[Ir].[c-]1ccc2c(oc3c(-c4ccccc4)cccc32)c1-c1cc(CC2CCCCC2)ccn1. The molecule has 0 bridgehead atoms. The standard InChI is InChI=1S/C30H26NO.C19H26NSi.Ir/c1-3-9-21(10-4-1)19-22-17-18-31-28(20-22)27-16-8-15-26-25-14-7-13-24(29(25)32-30(26)27)23-11-5-2-6-12-23;1-19(2,3)13-16-12-17(15-10-8-7-9-11-15)20-14-18(16)21(4,5)6;/h2,5-8,11-15,17-18,20-21H,1,3-4,9-10,19H2;7-10,12,14H,13H2,1-6H3;/q2*-1;. The third-order valence-electron chi connectivity index (χ3n) is 10.4. The molecule has 3 aromatic heterocycles. The van der Waals surface area contributed by atoms with E-state index in [1.807, 2.05) is 36.5 Å². The Morgan fingerprint density at radius 1 is 0.741 bits per heavy atom. The average Bonchev–Trinajstić information content (AvgIpc) is 3.55. The van der Waals surface area contributed by atoms with E-state index in [0.717, 1.165) is 74.3 Å². The molecule has 3 nitrogen and oxygen atoms in total. The normalized spacial score (nSPS) is 13.7. The largest absolute Gasteiger partial charge is 0.500 e. The van der Waals surface area contributed by atoms with Gasteiger partial charge < -0.3 is 14.4 Å². The first kappa shape index (κ1) is 39.5. The van der Waals surface area contributed by atoms with Crippen molar-refractivity contribution in [3.8, 4) is 33.6 Å². The number of fused-ring (bicyclic) bond motifs is 3. The van der Waals surface area contributed by atoms with E-state index in [0.29, 0.717) is 0 Å². The van der Waals surface area contributed by atoms with Gasteiger partial charge in [-0.3, -0.25) is 0 Å². The maximum absolute atomic E-state index is 6.54. The Balaban J connectivity index is 0.000000198. The molecule has 1 fully saturated rings. The zero-order chi connectivity index (χ0) is 37.0. The van der Waals surface area contributed by atoms with Crippen molar-refractivity contribution in [1.82, 2.24) is 9.97 Å². The van der Waals surface area contributed by atoms with Crippen LogP contribution in [0.3, 0.4) is 0 Å². The van der Waals surface area contributed by atoms with Gasteiger partial charge in [0.25, 0.3) is 0 Å². The topological polar surface area (TPSA) is 38.9 Å². The van der Waals surface area contributed by atoms with E-state index in [2.05, 4.69) is 132 Å². The summed E-state index contributed by atoms with van der Waals surface area (Å²) in [6, 6.07) is 42.4. The number of furan rings is 1. The third-order valence-corrected chi connectivity index (χ3v) is 12.4. The van der Waals surface area contributed by atoms with E-state index in [9.17, 15) is 0 Å². The minimum atomic E-state index is -1.37. The number of rotatable bonds is 7. The minimum Gasteiger partial charge on any atom is -0.500 e. The number of para-hydroxylation sites is 1. The Hall–Kier alpha value is -4.15. The molecule has 1 aliphatic carbocycles. The fourth-order valence-corrected chi connectivity index (χ4v) is 9.43. The molecule has 0 N–H and O–H groups in total. The Bertz CT molecular complexity index is 2300. The van der Waals surface area contributed by atoms with Gasteiger partial charge in [0.15, 0.2) is 0 Å². The smallest absolute Gasteiger partial charge is 0.128 e. The molecule has 3 heterocycles. The quantitative estimate of drug-likeness (QED) is 0.118. The van der Waals surface area contributed by atoms with Gasteiger partial charge in [-0.05, 0) is 52.4 Å². The maximum Gasteiger partial charge on any atom is 0.128 e. The first-order valence-corrected chi connectivity index (χ1v) is 22.9. The second-order valence-electron chi connectivity index (χ2n) is 17.0. The first-order valence-electron chi connectivity index (χ1n) is 19.4. The van der Waals surface area contributed by atoms with Crippen LogP contribution in [0.4, 0.5) is 0 Å². The summed E-state index contributed by atoms with van der Waals surface area (Å²) >= 11 is 0. The molecule has 0 spiro atoms. The van der Waals surface area contributed by atoms with E-state index in [1.165, 1.54) is 48.4 Å². The number of nitrogens with zero attached hydrogens (tertiary/aromatic N) is 2. The summed E-state index contributed by atoms with van der Waals surface area (Å²) in [4.78, 5) is 9.42. The molecule has 4 aromatic carbocycles. The first-order chi connectivity index (χ1) is 25.5. The molecule has 5 heteroatoms. The molecular weight excluding hydrogens is 853 g/mol. The van der Waals surface area contributed by atoms with Crippen molar-refractivity contribution in [3.63, 3.8) is 0 Å². The second-order valence-corrected chi connectivity index (χ2v) is 22.0. The van der Waals surface area contributed by atoms with Crippen molar-refractivity contribution < 1.29 is 24.5 Å². The second kappa shape index (κ2) is 17.1. The average molecular weight is 905 g/mol. The van der Waals surface area contributed by atoms with Gasteiger partial charge in [0, 0.05) is 43.4 Å². The summed E-state index contributed by atoms with van der Waals surface area (Å²) in [5, 5.41) is 3.73. The maximum atomic E-state index is 6.54. The summed E-state index contributed by atoms with van der Waals surface area (Å²) in [7, 11) is -1.37. The van der Waals surface area contributed by atoms with Gasteiger partial charge in [-0.2, -0.15) is 0 Å². The summed E-state index contributed by atoms with van der Waals surface area (Å²) in [6.07, 6.45) is 13.1. The molecule has 1 saturated carbocycles. The van der Waals surface area contributed by atoms with Crippen molar-refractivity contribution in [3.05, 3.63) is 139 Å². The number of hydrogen-bond donors (Lipinski definition) is 0. The van der Waals surface area contributed by atoms with Crippen molar-refractivity contribution in [2.45, 2.75) is 85.4 Å². The fourth-order valence-electron chi connectivity index (χ4n) is 7.85. The van der Waals surface area contributed by atoms with Crippen LogP contribution in [0.1, 0.15) is 64.0 Å². The molecule has 1 aliphatic rings. The van der Waals surface area contributed by atoms with Crippen LogP contribution in [0.25, 0.3) is 55.6 Å². The number of aromatic nitrogens is 2. The molecular formula is C49H52IrN2OSi-2. The molecule has 0 aliphatic heterocycles. The van der Waals surface area contributed by atoms with Crippen molar-refractivity contribution in [2.75, 3.05) is 0 Å². The number of pyridine rings is 2. The van der Waals surface area contributed by atoms with Gasteiger partial charge in [-0.15, -0.1) is 54.1 Å². The van der Waals surface area contributed by atoms with Crippen LogP contribution in [0, 0.1) is 23.5 Å². The predicted octanol–water partition coefficient (Wildman–Crippen LogP) is 12.9. The number of benzene rings is 4. The molecule has 7 aromatic rings. The molecule has 8 rings (SSSR count). The van der Waals surface area contributed by atoms with Gasteiger partial charge >= 0.3 is 0 Å². The van der Waals surface area contributed by atoms with Crippen LogP contribution in [0.2, 0.25) is 19.6 Å².